The minimum absolute atomic E-state index is 0.240. The highest BCUT2D eigenvalue weighted by Gasteiger charge is 2.39. The summed E-state index contributed by atoms with van der Waals surface area (Å²) < 4.78 is 0. The molecule has 3 aliphatic rings. The van der Waals surface area contributed by atoms with Gasteiger partial charge in [-0.2, -0.15) is 0 Å². The van der Waals surface area contributed by atoms with E-state index in [1.165, 1.54) is 36.2 Å². The van der Waals surface area contributed by atoms with Crippen molar-refractivity contribution in [3.05, 3.63) is 53.6 Å². The van der Waals surface area contributed by atoms with Crippen molar-refractivity contribution in [2.75, 3.05) is 25.0 Å². The molecule has 0 aliphatic carbocycles. The summed E-state index contributed by atoms with van der Waals surface area (Å²) in [5.74, 6) is 1.07. The highest BCUT2D eigenvalue weighted by Crippen LogP contribution is 2.39. The Kier molecular flexibility index (Phi) is 4.73. The van der Waals surface area contributed by atoms with E-state index in [-0.39, 0.29) is 6.04 Å². The molecule has 4 unspecified atom stereocenters. The number of likely N-dealkylation sites (tertiary alicyclic amines) is 1. The summed E-state index contributed by atoms with van der Waals surface area (Å²) in [5, 5.41) is 3.85. The minimum Gasteiger partial charge on any atom is -0.361 e. The van der Waals surface area contributed by atoms with Gasteiger partial charge >= 0.3 is 0 Å². The number of H-pyrrole nitrogens is 1. The fourth-order valence-corrected chi connectivity index (χ4v) is 6.15. The van der Waals surface area contributed by atoms with Crippen molar-refractivity contribution < 1.29 is 0 Å². The molecule has 3 saturated heterocycles. The molecule has 0 saturated carbocycles. The zero-order chi connectivity index (χ0) is 20.9. The topological polar surface area (TPSA) is 60.1 Å². The van der Waals surface area contributed by atoms with Crippen LogP contribution in [0.2, 0.25) is 0 Å². The minimum atomic E-state index is 0.240. The quantitative estimate of drug-likeness (QED) is 0.673. The molecule has 1 aromatic carbocycles. The van der Waals surface area contributed by atoms with Crippen LogP contribution in [-0.2, 0) is 0 Å². The van der Waals surface area contributed by atoms with Crippen molar-refractivity contribution in [3.8, 4) is 0 Å². The SMILES string of the molecule is Cc1cccnc1C1CCCC(c2nc3c(N4C5CCC4CN(C)C5)cccc3[nH]2)N1. The Morgan fingerprint density at radius 2 is 1.77 bits per heavy atom. The van der Waals surface area contributed by atoms with E-state index in [4.69, 9.17) is 4.98 Å². The summed E-state index contributed by atoms with van der Waals surface area (Å²) in [7, 11) is 2.25. The lowest BCUT2D eigenvalue weighted by molar-refractivity contribution is 0.265. The first-order chi connectivity index (χ1) is 15.2. The number of aromatic nitrogens is 3. The number of piperidine rings is 1. The number of hydrogen-bond acceptors (Lipinski definition) is 5. The summed E-state index contributed by atoms with van der Waals surface area (Å²) in [6.07, 6.45) is 7.91. The van der Waals surface area contributed by atoms with Gasteiger partial charge in [-0.1, -0.05) is 12.1 Å². The van der Waals surface area contributed by atoms with Crippen molar-refractivity contribution >= 4 is 16.7 Å². The molecular weight excluding hydrogens is 384 g/mol. The van der Waals surface area contributed by atoms with Crippen LogP contribution in [0.4, 0.5) is 5.69 Å². The van der Waals surface area contributed by atoms with Crippen molar-refractivity contribution in [1.29, 1.82) is 0 Å². The largest absolute Gasteiger partial charge is 0.361 e. The number of piperazine rings is 1. The Hall–Kier alpha value is -2.44. The van der Waals surface area contributed by atoms with Crippen LogP contribution in [0.3, 0.4) is 0 Å². The number of pyridine rings is 1. The van der Waals surface area contributed by atoms with E-state index < -0.39 is 0 Å². The lowest BCUT2D eigenvalue weighted by atomic mass is 9.94. The van der Waals surface area contributed by atoms with Crippen LogP contribution in [0.5, 0.6) is 0 Å². The maximum Gasteiger partial charge on any atom is 0.124 e. The van der Waals surface area contributed by atoms with E-state index in [0.717, 1.165) is 42.8 Å². The number of fused-ring (bicyclic) bond motifs is 3. The van der Waals surface area contributed by atoms with Gasteiger partial charge in [0.1, 0.15) is 11.3 Å². The Morgan fingerprint density at radius 1 is 0.968 bits per heavy atom. The average Bonchev–Trinajstić information content (AvgIpc) is 3.33. The number of aryl methyl sites for hydroxylation is 1. The standard InChI is InChI=1S/C25H32N6/c1-16-6-5-13-26-23(16)19-7-3-9-21(27-19)25-28-20-8-4-10-22(24(20)29-25)31-17-11-12-18(31)15-30(2)14-17/h4-6,8,10,13,17-19,21,27H,3,7,9,11-12,14-15H2,1-2H3,(H,28,29). The third-order valence-electron chi connectivity index (χ3n) is 7.55. The zero-order valence-corrected chi connectivity index (χ0v) is 18.5. The normalized spacial score (nSPS) is 29.0. The van der Waals surface area contributed by atoms with E-state index in [9.17, 15) is 0 Å². The number of anilines is 1. The monoisotopic (exact) mass is 416 g/mol. The number of hydrogen-bond donors (Lipinski definition) is 2. The van der Waals surface area contributed by atoms with E-state index in [0.29, 0.717) is 18.1 Å². The van der Waals surface area contributed by atoms with Crippen molar-refractivity contribution in [3.63, 3.8) is 0 Å². The van der Waals surface area contributed by atoms with Gasteiger partial charge in [0.2, 0.25) is 0 Å². The highest BCUT2D eigenvalue weighted by atomic mass is 15.3. The smallest absolute Gasteiger partial charge is 0.124 e. The first kappa shape index (κ1) is 19.3. The van der Waals surface area contributed by atoms with Gasteiger partial charge in [0.15, 0.2) is 0 Å². The van der Waals surface area contributed by atoms with Gasteiger partial charge in [0.05, 0.1) is 29.0 Å². The molecule has 4 atom stereocenters. The number of nitrogens with one attached hydrogen (secondary N) is 2. The van der Waals surface area contributed by atoms with Crippen LogP contribution in [-0.4, -0.2) is 52.1 Å². The molecule has 2 N–H and O–H groups in total. The molecule has 6 heteroatoms. The first-order valence-electron chi connectivity index (χ1n) is 11.8. The van der Waals surface area contributed by atoms with Crippen molar-refractivity contribution in [2.24, 2.45) is 0 Å². The first-order valence-corrected chi connectivity index (χ1v) is 11.8. The third kappa shape index (κ3) is 3.33. The molecule has 6 rings (SSSR count). The number of likely N-dealkylation sites (N-methyl/N-ethyl adjacent to an activating group) is 1. The third-order valence-corrected chi connectivity index (χ3v) is 7.55. The Balaban J connectivity index is 1.31. The molecule has 6 nitrogen and oxygen atoms in total. The second-order valence-corrected chi connectivity index (χ2v) is 9.72. The molecule has 3 aromatic rings. The van der Waals surface area contributed by atoms with Gasteiger partial charge in [0.25, 0.3) is 0 Å². The summed E-state index contributed by atoms with van der Waals surface area (Å²) in [6, 6.07) is 12.6. The van der Waals surface area contributed by atoms with Gasteiger partial charge in [-0.05, 0) is 69.8 Å². The Morgan fingerprint density at radius 3 is 2.58 bits per heavy atom. The number of aromatic amines is 1. The molecule has 0 radical (unpaired) electrons. The summed E-state index contributed by atoms with van der Waals surface area (Å²) in [6.45, 7) is 4.46. The molecule has 2 aromatic heterocycles. The fourth-order valence-electron chi connectivity index (χ4n) is 6.15. The van der Waals surface area contributed by atoms with Gasteiger partial charge in [-0.15, -0.1) is 0 Å². The average molecular weight is 417 g/mol. The maximum absolute atomic E-state index is 5.18. The van der Waals surface area contributed by atoms with Crippen LogP contribution in [0.1, 0.15) is 61.3 Å². The number of benzene rings is 1. The Labute approximate surface area is 184 Å². The molecule has 5 heterocycles. The summed E-state index contributed by atoms with van der Waals surface area (Å²) >= 11 is 0. The number of nitrogens with zero attached hydrogens (tertiary/aromatic N) is 4. The predicted octanol–water partition coefficient (Wildman–Crippen LogP) is 4.11. The van der Waals surface area contributed by atoms with Crippen LogP contribution in [0.25, 0.3) is 11.0 Å². The lowest BCUT2D eigenvalue weighted by Crippen LogP contribution is -2.52. The van der Waals surface area contributed by atoms with Crippen LogP contribution in [0.15, 0.2) is 36.5 Å². The van der Waals surface area contributed by atoms with Crippen LogP contribution in [0, 0.1) is 6.92 Å². The molecule has 3 aliphatic heterocycles. The van der Waals surface area contributed by atoms with E-state index in [1.54, 1.807) is 0 Å². The second kappa shape index (κ2) is 7.61. The molecule has 0 spiro atoms. The number of para-hydroxylation sites is 1. The molecule has 162 valence electrons. The van der Waals surface area contributed by atoms with Crippen molar-refractivity contribution in [2.45, 2.75) is 63.2 Å². The molecule has 3 fully saturated rings. The summed E-state index contributed by atoms with van der Waals surface area (Å²) in [5.41, 5.74) is 6.05. The van der Waals surface area contributed by atoms with E-state index in [1.807, 2.05) is 12.3 Å². The van der Waals surface area contributed by atoms with Crippen LogP contribution >= 0.6 is 0 Å². The molecule has 0 amide bonds. The zero-order valence-electron chi connectivity index (χ0n) is 18.5. The van der Waals surface area contributed by atoms with E-state index >= 15 is 0 Å². The van der Waals surface area contributed by atoms with Gasteiger partial charge < -0.3 is 14.8 Å². The number of imidazole rings is 1. The lowest BCUT2D eigenvalue weighted by Gasteiger charge is -2.41. The van der Waals surface area contributed by atoms with Gasteiger partial charge in [-0.25, -0.2) is 4.98 Å². The maximum atomic E-state index is 5.18. The molecule has 31 heavy (non-hydrogen) atoms. The van der Waals surface area contributed by atoms with Crippen LogP contribution < -0.4 is 10.2 Å². The van der Waals surface area contributed by atoms with E-state index in [2.05, 4.69) is 63.3 Å². The number of rotatable bonds is 3. The fraction of sp³-hybridized carbons (Fsp3) is 0.520. The molecular formula is C25H32N6. The Bertz CT molecular complexity index is 1080. The van der Waals surface area contributed by atoms with Crippen molar-refractivity contribution in [1.82, 2.24) is 25.2 Å². The summed E-state index contributed by atoms with van der Waals surface area (Å²) in [4.78, 5) is 18.7. The molecule has 2 bridgehead atoms. The predicted molar refractivity (Wildman–Crippen MR) is 124 cm³/mol. The van der Waals surface area contributed by atoms with Gasteiger partial charge in [0, 0.05) is 31.4 Å². The second-order valence-electron chi connectivity index (χ2n) is 9.72. The van der Waals surface area contributed by atoms with Gasteiger partial charge in [-0.3, -0.25) is 10.3 Å². The highest BCUT2D eigenvalue weighted by molar-refractivity contribution is 5.89.